The SMILES string of the molecule is CCCNC(Cc1ncnn1CC(C)C)C1CCCC1. The summed E-state index contributed by atoms with van der Waals surface area (Å²) in [7, 11) is 0. The van der Waals surface area contributed by atoms with Gasteiger partial charge < -0.3 is 5.32 Å². The van der Waals surface area contributed by atoms with Crippen LogP contribution in [-0.4, -0.2) is 27.4 Å². The van der Waals surface area contributed by atoms with Gasteiger partial charge in [0, 0.05) is 19.0 Å². The zero-order valence-corrected chi connectivity index (χ0v) is 13.3. The molecule has 0 spiro atoms. The van der Waals surface area contributed by atoms with Crippen molar-refractivity contribution in [3.63, 3.8) is 0 Å². The van der Waals surface area contributed by atoms with Gasteiger partial charge in [-0.1, -0.05) is 33.6 Å². The van der Waals surface area contributed by atoms with Crippen LogP contribution in [0.2, 0.25) is 0 Å². The van der Waals surface area contributed by atoms with E-state index in [9.17, 15) is 0 Å². The maximum atomic E-state index is 4.50. The zero-order valence-electron chi connectivity index (χ0n) is 13.3. The minimum atomic E-state index is 0.576. The fourth-order valence-corrected chi connectivity index (χ4v) is 3.24. The summed E-state index contributed by atoms with van der Waals surface area (Å²) in [6.45, 7) is 8.78. The van der Waals surface area contributed by atoms with Gasteiger partial charge in [0.1, 0.15) is 12.2 Å². The van der Waals surface area contributed by atoms with Gasteiger partial charge in [0.2, 0.25) is 0 Å². The fraction of sp³-hybridized carbons (Fsp3) is 0.875. The second kappa shape index (κ2) is 7.77. The van der Waals surface area contributed by atoms with Crippen molar-refractivity contribution in [1.82, 2.24) is 20.1 Å². The molecule has 1 aromatic heterocycles. The smallest absolute Gasteiger partial charge is 0.138 e. The third-order valence-electron chi connectivity index (χ3n) is 4.26. The molecule has 0 aromatic carbocycles. The van der Waals surface area contributed by atoms with Crippen molar-refractivity contribution in [3.05, 3.63) is 12.2 Å². The molecule has 0 aliphatic heterocycles. The number of nitrogens with one attached hydrogen (secondary N) is 1. The van der Waals surface area contributed by atoms with Crippen LogP contribution in [0.15, 0.2) is 6.33 Å². The standard InChI is InChI=1S/C16H30N4/c1-4-9-17-15(14-7-5-6-8-14)10-16-18-12-19-20(16)11-13(2)3/h12-15,17H,4-11H2,1-3H3. The van der Waals surface area contributed by atoms with Gasteiger partial charge in [-0.05, 0) is 37.6 Å². The predicted octanol–water partition coefficient (Wildman–Crippen LogP) is 3.04. The maximum Gasteiger partial charge on any atom is 0.138 e. The highest BCUT2D eigenvalue weighted by molar-refractivity contribution is 4.93. The van der Waals surface area contributed by atoms with Crippen LogP contribution in [0, 0.1) is 11.8 Å². The molecule has 1 heterocycles. The van der Waals surface area contributed by atoms with Crippen molar-refractivity contribution in [1.29, 1.82) is 0 Å². The molecular formula is C16H30N4. The van der Waals surface area contributed by atoms with E-state index in [1.807, 2.05) is 0 Å². The highest BCUT2D eigenvalue weighted by Gasteiger charge is 2.26. The second-order valence-electron chi connectivity index (χ2n) is 6.56. The van der Waals surface area contributed by atoms with E-state index in [-0.39, 0.29) is 0 Å². The van der Waals surface area contributed by atoms with Crippen molar-refractivity contribution in [2.45, 2.75) is 71.9 Å². The monoisotopic (exact) mass is 278 g/mol. The van der Waals surface area contributed by atoms with E-state index in [1.54, 1.807) is 6.33 Å². The van der Waals surface area contributed by atoms with Gasteiger partial charge in [0.05, 0.1) is 0 Å². The molecule has 4 nitrogen and oxygen atoms in total. The summed E-state index contributed by atoms with van der Waals surface area (Å²) >= 11 is 0. The quantitative estimate of drug-likeness (QED) is 0.795. The Morgan fingerprint density at radius 2 is 2.10 bits per heavy atom. The van der Waals surface area contributed by atoms with Gasteiger partial charge in [0.15, 0.2) is 0 Å². The average molecular weight is 278 g/mol. The minimum Gasteiger partial charge on any atom is -0.313 e. The number of aromatic nitrogens is 3. The van der Waals surface area contributed by atoms with Crippen LogP contribution >= 0.6 is 0 Å². The van der Waals surface area contributed by atoms with Gasteiger partial charge in [-0.2, -0.15) is 5.10 Å². The largest absolute Gasteiger partial charge is 0.313 e. The molecule has 1 aliphatic carbocycles. The van der Waals surface area contributed by atoms with E-state index in [4.69, 9.17) is 0 Å². The van der Waals surface area contributed by atoms with E-state index in [1.165, 1.54) is 32.1 Å². The highest BCUT2D eigenvalue weighted by Crippen LogP contribution is 2.29. The summed E-state index contributed by atoms with van der Waals surface area (Å²) in [5, 5.41) is 8.14. The van der Waals surface area contributed by atoms with E-state index in [0.29, 0.717) is 12.0 Å². The lowest BCUT2D eigenvalue weighted by Crippen LogP contribution is -2.38. The topological polar surface area (TPSA) is 42.7 Å². The molecule has 1 N–H and O–H groups in total. The van der Waals surface area contributed by atoms with Crippen molar-refractivity contribution in [2.75, 3.05) is 6.54 Å². The molecule has 1 aliphatic rings. The molecule has 0 amide bonds. The minimum absolute atomic E-state index is 0.576. The van der Waals surface area contributed by atoms with Gasteiger partial charge >= 0.3 is 0 Å². The molecule has 4 heteroatoms. The molecule has 1 fully saturated rings. The Morgan fingerprint density at radius 1 is 1.35 bits per heavy atom. The summed E-state index contributed by atoms with van der Waals surface area (Å²) in [6.07, 6.45) is 9.48. The van der Waals surface area contributed by atoms with Crippen LogP contribution in [-0.2, 0) is 13.0 Å². The van der Waals surface area contributed by atoms with Gasteiger partial charge in [-0.3, -0.25) is 0 Å². The summed E-state index contributed by atoms with van der Waals surface area (Å²) in [5.74, 6) is 2.59. The Morgan fingerprint density at radius 3 is 2.75 bits per heavy atom. The Labute approximate surface area is 123 Å². The van der Waals surface area contributed by atoms with E-state index >= 15 is 0 Å². The molecule has 1 saturated carbocycles. The van der Waals surface area contributed by atoms with E-state index in [2.05, 4.69) is 40.9 Å². The van der Waals surface area contributed by atoms with Crippen molar-refractivity contribution in [2.24, 2.45) is 11.8 Å². The molecule has 1 aromatic rings. The summed E-state index contributed by atoms with van der Waals surface area (Å²) in [4.78, 5) is 4.50. The number of nitrogens with zero attached hydrogens (tertiary/aromatic N) is 3. The molecule has 0 radical (unpaired) electrons. The molecule has 20 heavy (non-hydrogen) atoms. The van der Waals surface area contributed by atoms with Crippen molar-refractivity contribution >= 4 is 0 Å². The van der Waals surface area contributed by atoms with Gasteiger partial charge in [-0.15, -0.1) is 0 Å². The summed E-state index contributed by atoms with van der Waals surface area (Å²) < 4.78 is 2.10. The Balaban J connectivity index is 2.00. The number of hydrogen-bond donors (Lipinski definition) is 1. The average Bonchev–Trinajstić information content (AvgIpc) is 3.05. The van der Waals surface area contributed by atoms with Gasteiger partial charge in [-0.25, -0.2) is 9.67 Å². The summed E-state index contributed by atoms with van der Waals surface area (Å²) in [6, 6.07) is 0.576. The van der Waals surface area contributed by atoms with Crippen molar-refractivity contribution in [3.8, 4) is 0 Å². The third-order valence-corrected chi connectivity index (χ3v) is 4.26. The number of rotatable bonds is 8. The Bertz CT molecular complexity index is 380. The first-order valence-electron chi connectivity index (χ1n) is 8.30. The Kier molecular flexibility index (Phi) is 6.02. The maximum absolute atomic E-state index is 4.50. The van der Waals surface area contributed by atoms with Crippen molar-refractivity contribution < 1.29 is 0 Å². The molecule has 0 saturated heterocycles. The van der Waals surface area contributed by atoms with Gasteiger partial charge in [0.25, 0.3) is 0 Å². The van der Waals surface area contributed by atoms with E-state index < -0.39 is 0 Å². The van der Waals surface area contributed by atoms with Crippen LogP contribution in [0.25, 0.3) is 0 Å². The number of hydrogen-bond acceptors (Lipinski definition) is 3. The van der Waals surface area contributed by atoms with Crippen LogP contribution in [0.1, 0.15) is 58.7 Å². The Hall–Kier alpha value is -0.900. The molecule has 2 rings (SSSR count). The third kappa shape index (κ3) is 4.30. The molecule has 114 valence electrons. The first-order chi connectivity index (χ1) is 9.70. The highest BCUT2D eigenvalue weighted by atomic mass is 15.3. The lowest BCUT2D eigenvalue weighted by atomic mass is 9.95. The first-order valence-corrected chi connectivity index (χ1v) is 8.30. The van der Waals surface area contributed by atoms with Crippen LogP contribution in [0.3, 0.4) is 0 Å². The normalized spacial score (nSPS) is 18.0. The fourth-order valence-electron chi connectivity index (χ4n) is 3.24. The lowest BCUT2D eigenvalue weighted by molar-refractivity contribution is 0.343. The predicted molar refractivity (Wildman–Crippen MR) is 82.6 cm³/mol. The summed E-state index contributed by atoms with van der Waals surface area (Å²) in [5.41, 5.74) is 0. The zero-order chi connectivity index (χ0) is 14.4. The second-order valence-corrected chi connectivity index (χ2v) is 6.56. The molecular weight excluding hydrogens is 248 g/mol. The van der Waals surface area contributed by atoms with Crippen LogP contribution in [0.4, 0.5) is 0 Å². The lowest BCUT2D eigenvalue weighted by Gasteiger charge is -2.24. The first kappa shape index (κ1) is 15.5. The van der Waals surface area contributed by atoms with E-state index in [0.717, 1.165) is 31.3 Å². The van der Waals surface area contributed by atoms with Crippen LogP contribution < -0.4 is 5.32 Å². The molecule has 1 unspecified atom stereocenters. The van der Waals surface area contributed by atoms with Crippen LogP contribution in [0.5, 0.6) is 0 Å². The molecule has 0 bridgehead atoms. The molecule has 1 atom stereocenters.